The first-order chi connectivity index (χ1) is 7.49. The quantitative estimate of drug-likeness (QED) is 0.602. The van der Waals surface area contributed by atoms with E-state index in [-0.39, 0.29) is 0 Å². The fourth-order valence-corrected chi connectivity index (χ4v) is 2.69. The second kappa shape index (κ2) is 9.35. The van der Waals surface area contributed by atoms with Gasteiger partial charge in [0.1, 0.15) is 0 Å². The second-order valence-corrected chi connectivity index (χ2v) is 7.46. The van der Waals surface area contributed by atoms with Gasteiger partial charge in [0, 0.05) is 16.5 Å². The summed E-state index contributed by atoms with van der Waals surface area (Å²) in [6.45, 7) is 9.17. The van der Waals surface area contributed by atoms with Crippen molar-refractivity contribution in [2.45, 2.75) is 77.0 Å². The lowest BCUT2D eigenvalue weighted by molar-refractivity contribution is 0.517. The average molecular weight is 245 g/mol. The molecule has 2 heteroatoms. The SMILES string of the molecule is CCCCCCCC(CSC(C)(C)C)NC. The Bertz CT molecular complexity index is 151. The molecule has 0 rings (SSSR count). The summed E-state index contributed by atoms with van der Waals surface area (Å²) in [5.74, 6) is 1.24. The molecule has 0 saturated carbocycles. The Morgan fingerprint density at radius 1 is 1.06 bits per heavy atom. The Balaban J connectivity index is 3.52. The molecule has 0 fully saturated rings. The van der Waals surface area contributed by atoms with Gasteiger partial charge in [0.2, 0.25) is 0 Å². The van der Waals surface area contributed by atoms with E-state index < -0.39 is 0 Å². The smallest absolute Gasteiger partial charge is 0.0155 e. The van der Waals surface area contributed by atoms with Crippen molar-refractivity contribution in [1.29, 1.82) is 0 Å². The summed E-state index contributed by atoms with van der Waals surface area (Å²) in [7, 11) is 2.10. The first-order valence-corrected chi connectivity index (χ1v) is 7.79. The van der Waals surface area contributed by atoms with E-state index >= 15 is 0 Å². The molecule has 0 bridgehead atoms. The maximum atomic E-state index is 3.44. The van der Waals surface area contributed by atoms with Gasteiger partial charge in [-0.05, 0) is 13.5 Å². The molecule has 98 valence electrons. The van der Waals surface area contributed by atoms with Crippen LogP contribution in [0.2, 0.25) is 0 Å². The van der Waals surface area contributed by atoms with Crippen molar-refractivity contribution in [3.8, 4) is 0 Å². The molecule has 0 amide bonds. The van der Waals surface area contributed by atoms with Crippen molar-refractivity contribution in [3.63, 3.8) is 0 Å². The lowest BCUT2D eigenvalue weighted by Crippen LogP contribution is -2.29. The van der Waals surface area contributed by atoms with Crippen molar-refractivity contribution in [2.24, 2.45) is 0 Å². The maximum Gasteiger partial charge on any atom is 0.0155 e. The normalized spacial score (nSPS) is 14.1. The van der Waals surface area contributed by atoms with E-state index in [4.69, 9.17) is 0 Å². The van der Waals surface area contributed by atoms with Crippen LogP contribution in [0.15, 0.2) is 0 Å². The van der Waals surface area contributed by atoms with Crippen LogP contribution in [-0.2, 0) is 0 Å². The molecule has 0 aliphatic heterocycles. The average Bonchev–Trinajstić information content (AvgIpc) is 2.21. The lowest BCUT2D eigenvalue weighted by Gasteiger charge is -2.22. The van der Waals surface area contributed by atoms with Gasteiger partial charge in [0.25, 0.3) is 0 Å². The summed E-state index contributed by atoms with van der Waals surface area (Å²) in [4.78, 5) is 0. The molecule has 0 aromatic heterocycles. The minimum atomic E-state index is 0.400. The highest BCUT2D eigenvalue weighted by atomic mass is 32.2. The van der Waals surface area contributed by atoms with E-state index in [9.17, 15) is 0 Å². The zero-order chi connectivity index (χ0) is 12.4. The monoisotopic (exact) mass is 245 g/mol. The highest BCUT2D eigenvalue weighted by Gasteiger charge is 2.14. The van der Waals surface area contributed by atoms with Crippen molar-refractivity contribution in [1.82, 2.24) is 5.32 Å². The second-order valence-electron chi connectivity index (χ2n) is 5.61. The molecular formula is C14H31NS. The van der Waals surface area contributed by atoms with Crippen LogP contribution in [0.25, 0.3) is 0 Å². The Labute approximate surface area is 107 Å². The molecule has 1 nitrogen and oxygen atoms in total. The summed E-state index contributed by atoms with van der Waals surface area (Å²) >= 11 is 2.07. The molecule has 0 saturated heterocycles. The molecule has 0 spiro atoms. The van der Waals surface area contributed by atoms with Gasteiger partial charge in [-0.1, -0.05) is 59.8 Å². The van der Waals surface area contributed by atoms with Gasteiger partial charge in [-0.25, -0.2) is 0 Å². The van der Waals surface area contributed by atoms with E-state index in [0.29, 0.717) is 10.8 Å². The summed E-state index contributed by atoms with van der Waals surface area (Å²) in [6, 6.07) is 0.700. The lowest BCUT2D eigenvalue weighted by atomic mass is 10.1. The molecule has 16 heavy (non-hydrogen) atoms. The van der Waals surface area contributed by atoms with Gasteiger partial charge in [-0.15, -0.1) is 0 Å². The number of unbranched alkanes of at least 4 members (excludes halogenated alkanes) is 4. The van der Waals surface area contributed by atoms with Crippen LogP contribution in [0.3, 0.4) is 0 Å². The number of rotatable bonds is 9. The maximum absolute atomic E-state index is 3.44. The third kappa shape index (κ3) is 10.8. The molecular weight excluding hydrogens is 214 g/mol. The van der Waals surface area contributed by atoms with Crippen molar-refractivity contribution < 1.29 is 0 Å². The summed E-state index contributed by atoms with van der Waals surface area (Å²) in [5, 5.41) is 3.44. The Kier molecular flexibility index (Phi) is 9.53. The van der Waals surface area contributed by atoms with Gasteiger partial charge in [0.05, 0.1) is 0 Å². The predicted octanol–water partition coefficient (Wildman–Crippen LogP) is 4.47. The van der Waals surface area contributed by atoms with Crippen LogP contribution >= 0.6 is 11.8 Å². The molecule has 0 aromatic rings. The molecule has 0 aromatic carbocycles. The topological polar surface area (TPSA) is 12.0 Å². The third-order valence-electron chi connectivity index (χ3n) is 2.78. The summed E-state index contributed by atoms with van der Waals surface area (Å²) in [5.41, 5.74) is 0. The Hall–Kier alpha value is 0.310. The number of nitrogens with one attached hydrogen (secondary N) is 1. The summed E-state index contributed by atoms with van der Waals surface area (Å²) in [6.07, 6.45) is 8.29. The van der Waals surface area contributed by atoms with Gasteiger partial charge in [0.15, 0.2) is 0 Å². The van der Waals surface area contributed by atoms with Crippen LogP contribution in [-0.4, -0.2) is 23.6 Å². The standard InChI is InChI=1S/C14H31NS/c1-6-7-8-9-10-11-13(15-5)12-16-14(2,3)4/h13,15H,6-12H2,1-5H3. The van der Waals surface area contributed by atoms with Crippen molar-refractivity contribution in [3.05, 3.63) is 0 Å². The molecule has 1 N–H and O–H groups in total. The van der Waals surface area contributed by atoms with E-state index in [1.54, 1.807) is 0 Å². The Morgan fingerprint density at radius 3 is 2.19 bits per heavy atom. The highest BCUT2D eigenvalue weighted by Crippen LogP contribution is 2.24. The molecule has 0 radical (unpaired) electrons. The number of hydrogen-bond acceptors (Lipinski definition) is 2. The van der Waals surface area contributed by atoms with Crippen LogP contribution in [0.5, 0.6) is 0 Å². The van der Waals surface area contributed by atoms with E-state index in [1.165, 1.54) is 44.3 Å². The van der Waals surface area contributed by atoms with Gasteiger partial charge in [-0.3, -0.25) is 0 Å². The van der Waals surface area contributed by atoms with Gasteiger partial charge < -0.3 is 5.32 Å². The van der Waals surface area contributed by atoms with E-state index in [1.807, 2.05) is 0 Å². The molecule has 0 aliphatic rings. The highest BCUT2D eigenvalue weighted by molar-refractivity contribution is 8.00. The number of hydrogen-bond donors (Lipinski definition) is 1. The number of thioether (sulfide) groups is 1. The summed E-state index contributed by atoms with van der Waals surface area (Å²) < 4.78 is 0.400. The zero-order valence-electron chi connectivity index (χ0n) is 11.9. The van der Waals surface area contributed by atoms with Crippen LogP contribution in [0.4, 0.5) is 0 Å². The van der Waals surface area contributed by atoms with Gasteiger partial charge >= 0.3 is 0 Å². The van der Waals surface area contributed by atoms with Crippen molar-refractivity contribution in [2.75, 3.05) is 12.8 Å². The van der Waals surface area contributed by atoms with E-state index in [0.717, 1.165) is 0 Å². The minimum absolute atomic E-state index is 0.400. The molecule has 1 atom stereocenters. The van der Waals surface area contributed by atoms with Crippen molar-refractivity contribution >= 4 is 11.8 Å². The fourth-order valence-electron chi connectivity index (χ4n) is 1.66. The largest absolute Gasteiger partial charge is 0.316 e. The third-order valence-corrected chi connectivity index (χ3v) is 4.22. The first-order valence-electron chi connectivity index (χ1n) is 6.81. The van der Waals surface area contributed by atoms with Gasteiger partial charge in [-0.2, -0.15) is 11.8 Å². The zero-order valence-corrected chi connectivity index (χ0v) is 12.8. The predicted molar refractivity (Wildman–Crippen MR) is 78.4 cm³/mol. The van der Waals surface area contributed by atoms with Crippen LogP contribution in [0, 0.1) is 0 Å². The first kappa shape index (κ1) is 16.3. The van der Waals surface area contributed by atoms with Crippen LogP contribution < -0.4 is 5.32 Å². The van der Waals surface area contributed by atoms with Crippen LogP contribution in [0.1, 0.15) is 66.2 Å². The molecule has 0 aliphatic carbocycles. The minimum Gasteiger partial charge on any atom is -0.316 e. The fraction of sp³-hybridized carbons (Fsp3) is 1.00. The molecule has 1 unspecified atom stereocenters. The van der Waals surface area contributed by atoms with E-state index in [2.05, 4.69) is 51.8 Å². The Morgan fingerprint density at radius 2 is 1.69 bits per heavy atom. The molecule has 0 heterocycles.